The average Bonchev–Trinajstić information content (AvgIpc) is 2.91. The van der Waals surface area contributed by atoms with Gasteiger partial charge in [0.15, 0.2) is 11.5 Å². The van der Waals surface area contributed by atoms with Crippen molar-refractivity contribution in [3.8, 4) is 6.07 Å². The second-order valence-corrected chi connectivity index (χ2v) is 5.09. The Kier molecular flexibility index (Phi) is 5.34. The van der Waals surface area contributed by atoms with Gasteiger partial charge < -0.3 is 10.6 Å². The molecule has 0 aliphatic carbocycles. The van der Waals surface area contributed by atoms with E-state index in [9.17, 15) is 10.1 Å². The van der Waals surface area contributed by atoms with E-state index >= 15 is 0 Å². The quantitative estimate of drug-likeness (QED) is 0.359. The third kappa shape index (κ3) is 3.61. The van der Waals surface area contributed by atoms with E-state index in [1.807, 2.05) is 6.07 Å². The summed E-state index contributed by atoms with van der Waals surface area (Å²) in [6.45, 7) is 1.65. The van der Waals surface area contributed by atoms with Crippen molar-refractivity contribution in [3.05, 3.63) is 40.7 Å². The molecule has 1 heterocycles. The summed E-state index contributed by atoms with van der Waals surface area (Å²) in [6.07, 6.45) is 0. The van der Waals surface area contributed by atoms with Crippen LogP contribution in [0.25, 0.3) is 0 Å². The van der Waals surface area contributed by atoms with Crippen molar-refractivity contribution in [3.63, 3.8) is 0 Å². The lowest BCUT2D eigenvalue weighted by molar-refractivity contribution is -0.132. The summed E-state index contributed by atoms with van der Waals surface area (Å²) in [5.74, 6) is 4.54. The molecule has 0 fully saturated rings. The first-order valence-electron chi connectivity index (χ1n) is 6.72. The number of nitriles is 1. The van der Waals surface area contributed by atoms with Gasteiger partial charge in [-0.15, -0.1) is 10.2 Å². The Hall–Kier alpha value is -3.12. The Morgan fingerprint density at radius 3 is 2.62 bits per heavy atom. The standard InChI is InChI=1S/C14H14ClN7O2/c1-8-18-20-14(22(8)17)21-19-12(13(23)24-2)11(7-16)9-3-5-10(15)6-4-9/h3-6,11H,17H2,1-2H3,(H,20,21)/b19-12+/t11-/m1/s1. The number of carbonyl (C=O) groups is 1. The van der Waals surface area contributed by atoms with Crippen LogP contribution in [0.5, 0.6) is 0 Å². The number of esters is 1. The van der Waals surface area contributed by atoms with Crippen LogP contribution in [-0.4, -0.2) is 33.7 Å². The number of benzene rings is 1. The molecule has 0 aliphatic heterocycles. The van der Waals surface area contributed by atoms with Crippen molar-refractivity contribution in [2.75, 3.05) is 18.4 Å². The summed E-state index contributed by atoms with van der Waals surface area (Å²) >= 11 is 5.84. The molecule has 3 N–H and O–H groups in total. The number of hydrogen-bond donors (Lipinski definition) is 2. The van der Waals surface area contributed by atoms with Crippen molar-refractivity contribution >= 4 is 29.2 Å². The monoisotopic (exact) mass is 347 g/mol. The van der Waals surface area contributed by atoms with E-state index in [1.165, 1.54) is 7.11 Å². The SMILES string of the molecule is COC(=O)/C(=N/Nc1nnc(C)n1N)[C@H](C#N)c1ccc(Cl)cc1. The minimum absolute atomic E-state index is 0.113. The highest BCUT2D eigenvalue weighted by atomic mass is 35.5. The van der Waals surface area contributed by atoms with Crippen molar-refractivity contribution < 1.29 is 9.53 Å². The summed E-state index contributed by atoms with van der Waals surface area (Å²) in [6, 6.07) is 8.51. The van der Waals surface area contributed by atoms with Gasteiger partial charge in [0.25, 0.3) is 5.95 Å². The molecule has 10 heteroatoms. The van der Waals surface area contributed by atoms with Crippen molar-refractivity contribution in [1.29, 1.82) is 5.26 Å². The number of nitrogens with zero attached hydrogens (tertiary/aromatic N) is 5. The molecule has 1 atom stereocenters. The van der Waals surface area contributed by atoms with Gasteiger partial charge in [0.1, 0.15) is 5.92 Å². The van der Waals surface area contributed by atoms with Gasteiger partial charge in [-0.25, -0.2) is 14.9 Å². The van der Waals surface area contributed by atoms with Gasteiger partial charge in [0, 0.05) is 5.02 Å². The fourth-order valence-electron chi connectivity index (χ4n) is 1.84. The number of rotatable bonds is 5. The van der Waals surface area contributed by atoms with Gasteiger partial charge in [0.05, 0.1) is 13.2 Å². The van der Waals surface area contributed by atoms with E-state index in [4.69, 9.17) is 22.2 Å². The zero-order valence-corrected chi connectivity index (χ0v) is 13.7. The molecule has 24 heavy (non-hydrogen) atoms. The predicted octanol–water partition coefficient (Wildman–Crippen LogP) is 1.20. The van der Waals surface area contributed by atoms with Crippen molar-refractivity contribution in [2.45, 2.75) is 12.8 Å². The average molecular weight is 348 g/mol. The molecule has 0 aliphatic rings. The molecule has 0 saturated heterocycles. The Bertz CT molecular complexity index is 808. The van der Waals surface area contributed by atoms with Crippen LogP contribution in [0, 0.1) is 18.3 Å². The van der Waals surface area contributed by atoms with E-state index in [0.717, 1.165) is 4.68 Å². The van der Waals surface area contributed by atoms with Crippen LogP contribution in [0.1, 0.15) is 17.3 Å². The van der Waals surface area contributed by atoms with Gasteiger partial charge in [-0.3, -0.25) is 0 Å². The van der Waals surface area contributed by atoms with Crippen LogP contribution in [0.2, 0.25) is 5.02 Å². The molecule has 124 valence electrons. The third-order valence-electron chi connectivity index (χ3n) is 3.14. The third-order valence-corrected chi connectivity index (χ3v) is 3.40. The largest absolute Gasteiger partial charge is 0.464 e. The number of halogens is 1. The minimum Gasteiger partial charge on any atom is -0.464 e. The fraction of sp³-hybridized carbons (Fsp3) is 0.214. The van der Waals surface area contributed by atoms with Crippen molar-refractivity contribution in [1.82, 2.24) is 14.9 Å². The molecule has 2 aromatic rings. The van der Waals surface area contributed by atoms with E-state index < -0.39 is 11.9 Å². The van der Waals surface area contributed by atoms with Gasteiger partial charge in [-0.2, -0.15) is 10.4 Å². The van der Waals surface area contributed by atoms with E-state index in [0.29, 0.717) is 16.4 Å². The number of nitrogens with two attached hydrogens (primary N) is 1. The van der Waals surface area contributed by atoms with Crippen LogP contribution in [0.4, 0.5) is 5.95 Å². The predicted molar refractivity (Wildman–Crippen MR) is 87.8 cm³/mol. The summed E-state index contributed by atoms with van der Waals surface area (Å²) < 4.78 is 5.86. The number of aryl methyl sites for hydroxylation is 1. The van der Waals surface area contributed by atoms with Crippen LogP contribution in [0.3, 0.4) is 0 Å². The Morgan fingerprint density at radius 2 is 2.12 bits per heavy atom. The van der Waals surface area contributed by atoms with Crippen LogP contribution in [0.15, 0.2) is 29.4 Å². The highest BCUT2D eigenvalue weighted by Crippen LogP contribution is 2.20. The van der Waals surface area contributed by atoms with Gasteiger partial charge in [0.2, 0.25) is 0 Å². The molecule has 2 rings (SSSR count). The highest BCUT2D eigenvalue weighted by molar-refractivity contribution is 6.39. The normalized spacial score (nSPS) is 12.3. The molecule has 0 saturated carbocycles. The van der Waals surface area contributed by atoms with Gasteiger partial charge in [-0.1, -0.05) is 23.7 Å². The molecule has 0 spiro atoms. The smallest absolute Gasteiger partial charge is 0.355 e. The van der Waals surface area contributed by atoms with Crippen LogP contribution >= 0.6 is 11.6 Å². The topological polar surface area (TPSA) is 131 Å². The molecule has 1 aromatic carbocycles. The molecule has 1 aromatic heterocycles. The van der Waals surface area contributed by atoms with Gasteiger partial charge >= 0.3 is 5.97 Å². The number of carbonyl (C=O) groups excluding carboxylic acids is 1. The fourth-order valence-corrected chi connectivity index (χ4v) is 1.96. The number of nitrogens with one attached hydrogen (secondary N) is 1. The maximum absolute atomic E-state index is 12.0. The first kappa shape index (κ1) is 17.2. The van der Waals surface area contributed by atoms with Gasteiger partial charge in [-0.05, 0) is 24.6 Å². The lowest BCUT2D eigenvalue weighted by Crippen LogP contribution is -2.25. The number of nitrogen functional groups attached to an aromatic ring is 1. The van der Waals surface area contributed by atoms with E-state index in [-0.39, 0.29) is 11.7 Å². The second kappa shape index (κ2) is 7.43. The summed E-state index contributed by atoms with van der Waals surface area (Å²) in [7, 11) is 1.20. The number of aromatic nitrogens is 3. The van der Waals surface area contributed by atoms with E-state index in [2.05, 4.69) is 20.7 Å². The zero-order chi connectivity index (χ0) is 17.7. The number of anilines is 1. The van der Waals surface area contributed by atoms with Crippen LogP contribution < -0.4 is 11.3 Å². The maximum Gasteiger partial charge on any atom is 0.355 e. The molecular weight excluding hydrogens is 334 g/mol. The Balaban J connectivity index is 2.37. The molecule has 0 unspecified atom stereocenters. The molecular formula is C14H14ClN7O2. The zero-order valence-electron chi connectivity index (χ0n) is 12.9. The molecule has 0 amide bonds. The second-order valence-electron chi connectivity index (χ2n) is 4.65. The lowest BCUT2D eigenvalue weighted by Gasteiger charge is -2.11. The molecule has 0 radical (unpaired) electrons. The summed E-state index contributed by atoms with van der Waals surface area (Å²) in [4.78, 5) is 12.0. The number of hydrazone groups is 1. The molecule has 9 nitrogen and oxygen atoms in total. The number of ether oxygens (including phenoxy) is 1. The lowest BCUT2D eigenvalue weighted by atomic mass is 9.95. The number of methoxy groups -OCH3 is 1. The highest BCUT2D eigenvalue weighted by Gasteiger charge is 2.26. The maximum atomic E-state index is 12.0. The summed E-state index contributed by atoms with van der Waals surface area (Å²) in [5, 5.41) is 21.4. The Morgan fingerprint density at radius 1 is 1.46 bits per heavy atom. The summed E-state index contributed by atoms with van der Waals surface area (Å²) in [5.41, 5.74) is 2.91. The Labute approximate surface area is 142 Å². The van der Waals surface area contributed by atoms with Crippen molar-refractivity contribution in [2.24, 2.45) is 5.10 Å². The first-order chi connectivity index (χ1) is 11.5. The van der Waals surface area contributed by atoms with E-state index in [1.54, 1.807) is 31.2 Å². The van der Waals surface area contributed by atoms with Crippen LogP contribution in [-0.2, 0) is 9.53 Å². The number of hydrogen-bond acceptors (Lipinski definition) is 8. The first-order valence-corrected chi connectivity index (χ1v) is 7.09. The minimum atomic E-state index is -0.961. The molecule has 0 bridgehead atoms.